The van der Waals surface area contributed by atoms with Gasteiger partial charge in [-0.05, 0) is 57.8 Å². The van der Waals surface area contributed by atoms with E-state index in [1.807, 2.05) is 21.1 Å². The van der Waals surface area contributed by atoms with Crippen molar-refractivity contribution < 1.29 is 32.9 Å². The van der Waals surface area contributed by atoms with Crippen LogP contribution in [0.25, 0.3) is 0 Å². The average Bonchev–Trinajstić information content (AvgIpc) is 3.49. The van der Waals surface area contributed by atoms with E-state index in [0.717, 1.165) is 70.6 Å². The monoisotopic (exact) mass is 1190 g/mol. The van der Waals surface area contributed by atoms with Gasteiger partial charge in [0.1, 0.15) is 13.2 Å². The van der Waals surface area contributed by atoms with Gasteiger partial charge in [-0.15, -0.1) is 0 Å². The normalized spacial score (nSPS) is 14.0. The Labute approximate surface area is 517 Å². The first-order chi connectivity index (χ1) is 40.5. The zero-order valence-corrected chi connectivity index (χ0v) is 56.8. The van der Waals surface area contributed by atoms with E-state index in [2.05, 4.69) is 79.9 Å². The highest BCUT2D eigenvalue weighted by Gasteiger charge is 2.28. The van der Waals surface area contributed by atoms with Crippen LogP contribution in [-0.4, -0.2) is 73.4 Å². The third-order valence-electron chi connectivity index (χ3n) is 16.5. The van der Waals surface area contributed by atoms with E-state index in [-0.39, 0.29) is 19.1 Å². The summed E-state index contributed by atoms with van der Waals surface area (Å²) in [7, 11) is 1.63. The molecule has 8 nitrogen and oxygen atoms in total. The number of phosphoric acid groups is 1. The van der Waals surface area contributed by atoms with Crippen molar-refractivity contribution in [1.82, 2.24) is 5.32 Å². The van der Waals surface area contributed by atoms with Crippen LogP contribution in [0.5, 0.6) is 0 Å². The molecule has 0 spiro atoms. The van der Waals surface area contributed by atoms with Gasteiger partial charge >= 0.3 is 7.82 Å². The molecule has 0 aromatic rings. The molecule has 9 heteroatoms. The maximum absolute atomic E-state index is 13.1. The van der Waals surface area contributed by atoms with Crippen LogP contribution in [0.3, 0.4) is 0 Å². The molecule has 0 aromatic heterocycles. The molecule has 1 amide bonds. The molecule has 3 unspecified atom stereocenters. The van der Waals surface area contributed by atoms with Gasteiger partial charge in [-0.1, -0.05) is 351 Å². The molecule has 0 aromatic carbocycles. The molecule has 0 saturated heterocycles. The van der Waals surface area contributed by atoms with E-state index in [1.54, 1.807) is 0 Å². The van der Waals surface area contributed by atoms with E-state index in [9.17, 15) is 19.4 Å². The molecule has 3 N–H and O–H groups in total. The Hall–Kier alpha value is -1.80. The van der Waals surface area contributed by atoms with Gasteiger partial charge in [0, 0.05) is 6.42 Å². The van der Waals surface area contributed by atoms with Gasteiger partial charge in [0.15, 0.2) is 0 Å². The van der Waals surface area contributed by atoms with Crippen molar-refractivity contribution >= 4 is 13.7 Å². The number of carbonyl (C=O) groups excluding carboxylic acids is 1. The molecule has 0 aliphatic heterocycles. The SMILES string of the molecule is CC/C=C\C/C=C\C/C=C\C/C=C\C/C=C\CCCCCCCCCCCCCCCCCCCCCCCCCCCC(=O)NC(COP(=O)(O)OCC[N+](C)(C)C)C(O)CCCCCCCCCCCCCCCCCCCCCC. The standard InChI is InChI=1S/C74H141N2O6P/c1-6-8-10-12-14-16-18-20-22-24-26-28-29-30-31-32-33-34-35-36-37-38-39-40-41-42-43-44-45-46-47-48-50-52-54-56-58-60-62-64-66-68-74(78)75-72(71-82-83(79,80)81-70-69-76(3,4)5)73(77)67-65-63-61-59-57-55-53-51-49-27-25-23-21-19-17-15-13-11-9-7-2/h8,10,14,16,20,22,26,28,30-31,72-73,77H,6-7,9,11-13,15,17-19,21,23-25,27,29,32-71H2,1-5H3,(H-,75,78,79,80)/p+1/b10-8-,16-14-,22-20-,28-26-,31-30-. The molecule has 0 radical (unpaired) electrons. The lowest BCUT2D eigenvalue weighted by Crippen LogP contribution is -2.46. The summed E-state index contributed by atoms with van der Waals surface area (Å²) >= 11 is 0. The number of carbonyl (C=O) groups is 1. The van der Waals surface area contributed by atoms with Crippen molar-refractivity contribution in [1.29, 1.82) is 0 Å². The van der Waals surface area contributed by atoms with Gasteiger partial charge < -0.3 is 19.8 Å². The lowest BCUT2D eigenvalue weighted by molar-refractivity contribution is -0.870. The third-order valence-corrected chi connectivity index (χ3v) is 17.5. The van der Waals surface area contributed by atoms with Crippen LogP contribution >= 0.6 is 7.82 Å². The number of phosphoric ester groups is 1. The highest BCUT2D eigenvalue weighted by Crippen LogP contribution is 2.43. The summed E-state index contributed by atoms with van der Waals surface area (Å²) in [6.45, 7) is 4.82. The summed E-state index contributed by atoms with van der Waals surface area (Å²) in [5, 5.41) is 14.1. The highest BCUT2D eigenvalue weighted by atomic mass is 31.2. The second-order valence-corrected chi connectivity index (χ2v) is 27.4. The molecule has 0 aliphatic rings. The molecule has 0 saturated carbocycles. The minimum absolute atomic E-state index is 0.0766. The zero-order valence-electron chi connectivity index (χ0n) is 55.9. The fourth-order valence-corrected chi connectivity index (χ4v) is 11.7. The van der Waals surface area contributed by atoms with E-state index < -0.39 is 20.0 Å². The number of nitrogens with one attached hydrogen (secondary N) is 1. The first kappa shape index (κ1) is 81.2. The largest absolute Gasteiger partial charge is 0.472 e. The number of amides is 1. The van der Waals surface area contributed by atoms with Gasteiger partial charge in [0.25, 0.3) is 0 Å². The summed E-state index contributed by atoms with van der Waals surface area (Å²) in [5.41, 5.74) is 0. The van der Waals surface area contributed by atoms with Crippen LogP contribution in [0.1, 0.15) is 354 Å². The van der Waals surface area contributed by atoms with Gasteiger partial charge in [0.05, 0.1) is 39.9 Å². The number of hydrogen-bond acceptors (Lipinski definition) is 5. The lowest BCUT2D eigenvalue weighted by atomic mass is 10.0. The van der Waals surface area contributed by atoms with Crippen LogP contribution in [0.2, 0.25) is 0 Å². The maximum atomic E-state index is 13.1. The van der Waals surface area contributed by atoms with Gasteiger partial charge in [0.2, 0.25) is 5.91 Å². The number of unbranched alkanes of at least 4 members (excludes halogenated alkanes) is 44. The van der Waals surface area contributed by atoms with Crippen LogP contribution in [0.4, 0.5) is 0 Å². The van der Waals surface area contributed by atoms with Crippen molar-refractivity contribution in [2.45, 2.75) is 366 Å². The topological polar surface area (TPSA) is 105 Å². The molecule has 0 fully saturated rings. The smallest absolute Gasteiger partial charge is 0.391 e. The van der Waals surface area contributed by atoms with Crippen LogP contribution < -0.4 is 5.32 Å². The fourth-order valence-electron chi connectivity index (χ4n) is 11.0. The van der Waals surface area contributed by atoms with Crippen LogP contribution in [-0.2, 0) is 18.4 Å². The molecule has 3 atom stereocenters. The summed E-state index contributed by atoms with van der Waals surface area (Å²) in [6, 6.07) is -0.760. The number of quaternary nitrogens is 1. The number of allylic oxidation sites excluding steroid dienone is 10. The van der Waals surface area contributed by atoms with Gasteiger partial charge in [-0.3, -0.25) is 13.8 Å². The third kappa shape index (κ3) is 67.6. The second kappa shape index (κ2) is 64.7. The zero-order chi connectivity index (χ0) is 60.5. The molecular weight excluding hydrogens is 1040 g/mol. The average molecular weight is 1190 g/mol. The highest BCUT2D eigenvalue weighted by molar-refractivity contribution is 7.47. The Morgan fingerprint density at radius 2 is 0.723 bits per heavy atom. The number of hydrogen-bond donors (Lipinski definition) is 3. The molecule has 488 valence electrons. The Balaban J connectivity index is 3.89. The number of rotatable bonds is 67. The molecule has 0 bridgehead atoms. The number of aliphatic hydroxyl groups is 1. The molecule has 83 heavy (non-hydrogen) atoms. The molecule has 0 rings (SSSR count). The predicted molar refractivity (Wildman–Crippen MR) is 364 cm³/mol. The molecule has 0 aliphatic carbocycles. The Bertz CT molecular complexity index is 1540. The van der Waals surface area contributed by atoms with Crippen molar-refractivity contribution in [3.8, 4) is 0 Å². The first-order valence-corrected chi connectivity index (χ1v) is 37.6. The number of nitrogens with zero attached hydrogens (tertiary/aromatic N) is 1. The first-order valence-electron chi connectivity index (χ1n) is 36.2. The van der Waals surface area contributed by atoms with Gasteiger partial charge in [-0.2, -0.15) is 0 Å². The Kier molecular flexibility index (Phi) is 63.3. The van der Waals surface area contributed by atoms with Crippen LogP contribution in [0, 0.1) is 0 Å². The minimum Gasteiger partial charge on any atom is -0.391 e. The number of likely N-dealkylation sites (N-methyl/N-ethyl adjacent to an activating group) is 1. The summed E-state index contributed by atoms with van der Waals surface area (Å²) in [6.07, 6.45) is 89.1. The summed E-state index contributed by atoms with van der Waals surface area (Å²) in [5.74, 6) is -0.137. The second-order valence-electron chi connectivity index (χ2n) is 25.9. The summed E-state index contributed by atoms with van der Waals surface area (Å²) < 4.78 is 23.9. The fraction of sp³-hybridized carbons (Fsp3) is 0.851. The maximum Gasteiger partial charge on any atom is 0.472 e. The van der Waals surface area contributed by atoms with E-state index >= 15 is 0 Å². The quantitative estimate of drug-likeness (QED) is 0.0243. The van der Waals surface area contributed by atoms with E-state index in [4.69, 9.17) is 9.05 Å². The minimum atomic E-state index is -4.33. The van der Waals surface area contributed by atoms with E-state index in [1.165, 1.54) is 257 Å². The number of aliphatic hydroxyl groups excluding tert-OH is 1. The van der Waals surface area contributed by atoms with Crippen LogP contribution in [0.15, 0.2) is 60.8 Å². The summed E-state index contributed by atoms with van der Waals surface area (Å²) in [4.78, 5) is 23.5. The van der Waals surface area contributed by atoms with Crippen molar-refractivity contribution in [2.24, 2.45) is 0 Å². The van der Waals surface area contributed by atoms with Crippen molar-refractivity contribution in [2.75, 3.05) is 40.9 Å². The Morgan fingerprint density at radius 1 is 0.422 bits per heavy atom. The Morgan fingerprint density at radius 3 is 1.06 bits per heavy atom. The lowest BCUT2D eigenvalue weighted by Gasteiger charge is -2.26. The molecule has 0 heterocycles. The van der Waals surface area contributed by atoms with Crippen molar-refractivity contribution in [3.05, 3.63) is 60.8 Å². The predicted octanol–water partition coefficient (Wildman–Crippen LogP) is 23.2. The van der Waals surface area contributed by atoms with E-state index in [0.29, 0.717) is 23.9 Å². The van der Waals surface area contributed by atoms with Crippen molar-refractivity contribution in [3.63, 3.8) is 0 Å². The molecular formula is C74H142N2O6P+. The van der Waals surface area contributed by atoms with Gasteiger partial charge in [-0.25, -0.2) is 4.57 Å².